The number of anilines is 3. The number of amides is 2. The van der Waals surface area contributed by atoms with Crippen LogP contribution in [-0.2, 0) is 4.79 Å². The number of aromatic nitrogens is 1. The van der Waals surface area contributed by atoms with Gasteiger partial charge in [-0.1, -0.05) is 36.6 Å². The molecule has 0 radical (unpaired) electrons. The summed E-state index contributed by atoms with van der Waals surface area (Å²) in [5, 5.41) is 9.21. The molecule has 0 unspecified atom stereocenters. The molecule has 9 heteroatoms. The summed E-state index contributed by atoms with van der Waals surface area (Å²) in [6, 6.07) is 13.4. The Bertz CT molecular complexity index is 1280. The zero-order chi connectivity index (χ0) is 26.1. The van der Waals surface area contributed by atoms with Gasteiger partial charge in [-0.2, -0.15) is 5.10 Å². The number of ether oxygens (including phenoxy) is 1. The molecule has 1 heterocycles. The van der Waals surface area contributed by atoms with Crippen molar-refractivity contribution in [3.8, 4) is 18.1 Å². The summed E-state index contributed by atoms with van der Waals surface area (Å²) in [5.41, 5.74) is 2.32. The quantitative estimate of drug-likeness (QED) is 0.183. The van der Waals surface area contributed by atoms with E-state index >= 15 is 0 Å². The molecule has 0 aliphatic heterocycles. The molecular formula is C27H26ClN5O3. The van der Waals surface area contributed by atoms with E-state index in [1.54, 1.807) is 30.5 Å². The van der Waals surface area contributed by atoms with Gasteiger partial charge < -0.3 is 15.1 Å². The molecule has 0 bridgehead atoms. The second-order valence-electron chi connectivity index (χ2n) is 7.73. The Morgan fingerprint density at radius 1 is 1.25 bits per heavy atom. The summed E-state index contributed by atoms with van der Waals surface area (Å²) in [5.74, 6) is 2.48. The maximum Gasteiger partial charge on any atom is 0.259 e. The number of hydrogen-bond acceptors (Lipinski definition) is 6. The Morgan fingerprint density at radius 3 is 2.58 bits per heavy atom. The standard InChI is InChI=1S/C27H26ClN5O3/c1-5-13-32(3)30-17-20-7-10-22(11-8-20)33(18-34)26-23(14-21(28)15-24(26)36-4)27(35)31-25-12-9-19(6-2)16-29-25/h2,7-12,14-18H,5,13H2,1,3-4H3,(H,29,31,35). The number of benzene rings is 2. The van der Waals surface area contributed by atoms with Gasteiger partial charge in [-0.05, 0) is 42.3 Å². The number of rotatable bonds is 10. The van der Waals surface area contributed by atoms with Gasteiger partial charge in [-0.25, -0.2) is 4.98 Å². The zero-order valence-corrected chi connectivity index (χ0v) is 21.0. The lowest BCUT2D eigenvalue weighted by Crippen LogP contribution is -2.22. The van der Waals surface area contributed by atoms with Crippen LogP contribution in [0.15, 0.2) is 59.8 Å². The van der Waals surface area contributed by atoms with Gasteiger partial charge in [-0.15, -0.1) is 6.42 Å². The van der Waals surface area contributed by atoms with Crippen molar-refractivity contribution in [2.75, 3.05) is 30.9 Å². The largest absolute Gasteiger partial charge is 0.494 e. The number of hydrazone groups is 1. The summed E-state index contributed by atoms with van der Waals surface area (Å²) in [6.45, 7) is 2.93. The van der Waals surface area contributed by atoms with Gasteiger partial charge >= 0.3 is 0 Å². The lowest BCUT2D eigenvalue weighted by atomic mass is 10.1. The molecule has 0 atom stereocenters. The fraction of sp³-hybridized carbons (Fsp3) is 0.185. The number of hydrogen-bond donors (Lipinski definition) is 1. The van der Waals surface area contributed by atoms with E-state index in [-0.39, 0.29) is 22.0 Å². The van der Waals surface area contributed by atoms with Crippen molar-refractivity contribution >= 4 is 47.3 Å². The number of carbonyl (C=O) groups excluding carboxylic acids is 2. The first-order valence-corrected chi connectivity index (χ1v) is 11.5. The third-order valence-corrected chi connectivity index (χ3v) is 5.36. The molecule has 36 heavy (non-hydrogen) atoms. The predicted octanol–water partition coefficient (Wildman–Crippen LogP) is 4.95. The van der Waals surface area contributed by atoms with Gasteiger partial charge in [-0.3, -0.25) is 14.5 Å². The minimum atomic E-state index is -0.527. The van der Waals surface area contributed by atoms with Gasteiger partial charge in [0, 0.05) is 42.1 Å². The van der Waals surface area contributed by atoms with E-state index in [2.05, 4.69) is 28.2 Å². The Balaban J connectivity index is 1.97. The Morgan fingerprint density at radius 2 is 2.00 bits per heavy atom. The molecule has 1 aromatic heterocycles. The first-order valence-electron chi connectivity index (χ1n) is 11.1. The molecule has 1 N–H and O–H groups in total. The van der Waals surface area contributed by atoms with E-state index in [1.165, 1.54) is 30.3 Å². The molecule has 0 saturated heterocycles. The average molecular weight is 504 g/mol. The minimum absolute atomic E-state index is 0.126. The fourth-order valence-electron chi connectivity index (χ4n) is 3.40. The molecule has 184 valence electrons. The number of methoxy groups -OCH3 is 1. The van der Waals surface area contributed by atoms with Crippen LogP contribution in [0.4, 0.5) is 17.2 Å². The molecule has 0 aliphatic rings. The van der Waals surface area contributed by atoms with Crippen LogP contribution in [0.25, 0.3) is 0 Å². The molecule has 0 aliphatic carbocycles. The number of nitrogens with one attached hydrogen (secondary N) is 1. The van der Waals surface area contributed by atoms with Crippen molar-refractivity contribution in [1.29, 1.82) is 0 Å². The molecule has 2 amide bonds. The van der Waals surface area contributed by atoms with Crippen molar-refractivity contribution in [3.05, 3.63) is 76.4 Å². The Hall–Kier alpha value is -4.35. The molecule has 0 saturated carbocycles. The highest BCUT2D eigenvalue weighted by Gasteiger charge is 2.24. The lowest BCUT2D eigenvalue weighted by molar-refractivity contribution is -0.106. The number of nitrogens with zero attached hydrogens (tertiary/aromatic N) is 4. The molecule has 8 nitrogen and oxygen atoms in total. The summed E-state index contributed by atoms with van der Waals surface area (Å²) in [4.78, 5) is 31.0. The average Bonchev–Trinajstić information content (AvgIpc) is 2.89. The van der Waals surface area contributed by atoms with Crippen LogP contribution in [0.5, 0.6) is 5.75 Å². The van der Waals surface area contributed by atoms with Crippen molar-refractivity contribution < 1.29 is 14.3 Å². The van der Waals surface area contributed by atoms with E-state index in [9.17, 15) is 9.59 Å². The molecule has 0 spiro atoms. The van der Waals surface area contributed by atoms with Crippen molar-refractivity contribution in [2.45, 2.75) is 13.3 Å². The SMILES string of the molecule is C#Cc1ccc(NC(=O)c2cc(Cl)cc(OC)c2N(C=O)c2ccc(C=NN(C)CCC)cc2)nc1. The van der Waals surface area contributed by atoms with Gasteiger partial charge in [0.25, 0.3) is 5.91 Å². The molecule has 0 fully saturated rings. The maximum absolute atomic E-state index is 13.2. The number of carbonyl (C=O) groups is 2. The van der Waals surface area contributed by atoms with Gasteiger partial charge in [0.2, 0.25) is 6.41 Å². The van der Waals surface area contributed by atoms with Crippen LogP contribution in [0.2, 0.25) is 5.02 Å². The van der Waals surface area contributed by atoms with Crippen LogP contribution in [0.1, 0.15) is 34.8 Å². The highest BCUT2D eigenvalue weighted by Crippen LogP contribution is 2.39. The van der Waals surface area contributed by atoms with Crippen molar-refractivity contribution in [2.24, 2.45) is 5.10 Å². The normalized spacial score (nSPS) is 10.5. The van der Waals surface area contributed by atoms with E-state index in [0.29, 0.717) is 23.5 Å². The van der Waals surface area contributed by atoms with Crippen molar-refractivity contribution in [1.82, 2.24) is 9.99 Å². The molecule has 2 aromatic carbocycles. The summed E-state index contributed by atoms with van der Waals surface area (Å²) in [6.07, 6.45) is 10.2. The first-order chi connectivity index (χ1) is 17.4. The predicted molar refractivity (Wildman–Crippen MR) is 143 cm³/mol. The van der Waals surface area contributed by atoms with E-state index < -0.39 is 5.91 Å². The monoisotopic (exact) mass is 503 g/mol. The third-order valence-electron chi connectivity index (χ3n) is 5.14. The summed E-state index contributed by atoms with van der Waals surface area (Å²) >= 11 is 6.26. The highest BCUT2D eigenvalue weighted by molar-refractivity contribution is 6.31. The van der Waals surface area contributed by atoms with Crippen LogP contribution in [-0.4, -0.2) is 49.2 Å². The smallest absolute Gasteiger partial charge is 0.259 e. The second-order valence-corrected chi connectivity index (χ2v) is 8.16. The van der Waals surface area contributed by atoms with Gasteiger partial charge in [0.1, 0.15) is 17.3 Å². The Labute approximate surface area is 215 Å². The fourth-order valence-corrected chi connectivity index (χ4v) is 3.61. The van der Waals surface area contributed by atoms with Gasteiger partial charge in [0.15, 0.2) is 0 Å². The van der Waals surface area contributed by atoms with E-state index in [1.807, 2.05) is 24.2 Å². The lowest BCUT2D eigenvalue weighted by Gasteiger charge is -2.23. The third kappa shape index (κ3) is 6.40. The summed E-state index contributed by atoms with van der Waals surface area (Å²) in [7, 11) is 3.34. The Kier molecular flexibility index (Phi) is 9.03. The molecule has 3 aromatic rings. The number of pyridine rings is 1. The first kappa shape index (κ1) is 26.3. The highest BCUT2D eigenvalue weighted by atomic mass is 35.5. The van der Waals surface area contributed by atoms with E-state index in [4.69, 9.17) is 22.8 Å². The second kappa shape index (κ2) is 12.4. The van der Waals surface area contributed by atoms with Gasteiger partial charge in [0.05, 0.1) is 18.9 Å². The van der Waals surface area contributed by atoms with Crippen LogP contribution < -0.4 is 15.0 Å². The van der Waals surface area contributed by atoms with Crippen LogP contribution in [0.3, 0.4) is 0 Å². The molecule has 3 rings (SSSR count). The van der Waals surface area contributed by atoms with Crippen LogP contribution >= 0.6 is 11.6 Å². The number of terminal acetylenes is 1. The van der Waals surface area contributed by atoms with Crippen molar-refractivity contribution in [3.63, 3.8) is 0 Å². The van der Waals surface area contributed by atoms with Crippen LogP contribution in [0, 0.1) is 12.3 Å². The maximum atomic E-state index is 13.2. The molecular weight excluding hydrogens is 478 g/mol. The minimum Gasteiger partial charge on any atom is -0.494 e. The zero-order valence-electron chi connectivity index (χ0n) is 20.2. The topological polar surface area (TPSA) is 87.1 Å². The van der Waals surface area contributed by atoms with E-state index in [0.717, 1.165) is 18.5 Å². The summed E-state index contributed by atoms with van der Waals surface area (Å²) < 4.78 is 5.48. The number of halogens is 1.